The van der Waals surface area contributed by atoms with Crippen LogP contribution in [0.3, 0.4) is 0 Å². The van der Waals surface area contributed by atoms with Crippen LogP contribution < -0.4 is 4.90 Å². The van der Waals surface area contributed by atoms with Gasteiger partial charge in [-0.2, -0.15) is 8.42 Å². The summed E-state index contributed by atoms with van der Waals surface area (Å²) in [7, 11) is -3.92. The number of amides is 1. The van der Waals surface area contributed by atoms with Crippen molar-refractivity contribution >= 4 is 55.6 Å². The Morgan fingerprint density at radius 3 is 2.54 bits per heavy atom. The summed E-state index contributed by atoms with van der Waals surface area (Å²) in [6.07, 6.45) is 17.1. The Kier molecular flexibility index (Phi) is 10.3. The number of benzene rings is 1. The van der Waals surface area contributed by atoms with Crippen molar-refractivity contribution in [2.45, 2.75) is 45.4 Å². The Labute approximate surface area is 218 Å². The number of rotatable bonds is 12. The molecule has 9 heteroatoms. The maximum Gasteiger partial charge on any atom is 0.266 e. The first-order chi connectivity index (χ1) is 16.8. The highest BCUT2D eigenvalue weighted by Crippen LogP contribution is 2.33. The summed E-state index contributed by atoms with van der Waals surface area (Å²) in [6, 6.07) is 8.04. The van der Waals surface area contributed by atoms with Crippen LogP contribution in [0, 0.1) is 0 Å². The standard InChI is InChI=1S/C26H32N2O4S3/c1-2-3-4-9-18-28-25(29)24(34-26(28)33)15-8-5-12-21-16-19-27(17-10-11-20-35(30,31)32)23-14-7-6-13-22(21)23/h5-8,12-16,19H,2-4,9-11,17-18,20H2,1H3,(H,30,31,32)/b8-5+,21-12-,24-15-. The minimum atomic E-state index is -3.92. The number of anilines is 1. The number of allylic oxidation sites excluding steroid dienone is 6. The highest BCUT2D eigenvalue weighted by molar-refractivity contribution is 8.26. The molecule has 0 bridgehead atoms. The number of carbonyl (C=O) groups excluding carboxylic acids is 1. The van der Waals surface area contributed by atoms with Gasteiger partial charge in [0, 0.05) is 30.5 Å². The van der Waals surface area contributed by atoms with E-state index >= 15 is 0 Å². The Balaban J connectivity index is 1.62. The molecule has 1 fully saturated rings. The van der Waals surface area contributed by atoms with Crippen LogP contribution in [0.4, 0.5) is 5.69 Å². The third-order valence-electron chi connectivity index (χ3n) is 5.75. The predicted molar refractivity (Wildman–Crippen MR) is 150 cm³/mol. The fourth-order valence-electron chi connectivity index (χ4n) is 3.92. The maximum absolute atomic E-state index is 12.7. The zero-order valence-electron chi connectivity index (χ0n) is 19.9. The van der Waals surface area contributed by atoms with Crippen molar-refractivity contribution in [2.75, 3.05) is 23.7 Å². The lowest BCUT2D eigenvalue weighted by molar-refractivity contribution is -0.122. The van der Waals surface area contributed by atoms with Crippen molar-refractivity contribution in [1.29, 1.82) is 0 Å². The third kappa shape index (κ3) is 8.17. The van der Waals surface area contributed by atoms with Gasteiger partial charge in [0.25, 0.3) is 16.0 Å². The molecular formula is C26H32N2O4S3. The summed E-state index contributed by atoms with van der Waals surface area (Å²) in [6.45, 7) is 3.51. The average Bonchev–Trinajstić information content (AvgIpc) is 3.09. The molecule has 3 rings (SSSR count). The van der Waals surface area contributed by atoms with Gasteiger partial charge in [0.2, 0.25) is 0 Å². The van der Waals surface area contributed by atoms with E-state index in [2.05, 4.69) is 11.8 Å². The molecule has 1 aromatic rings. The van der Waals surface area contributed by atoms with Crippen LogP contribution in [0.15, 0.2) is 65.8 Å². The van der Waals surface area contributed by atoms with Gasteiger partial charge < -0.3 is 4.90 Å². The van der Waals surface area contributed by atoms with Crippen LogP contribution in [-0.4, -0.2) is 46.9 Å². The van der Waals surface area contributed by atoms with Crippen molar-refractivity contribution in [3.05, 3.63) is 71.3 Å². The molecule has 0 aliphatic carbocycles. The van der Waals surface area contributed by atoms with Crippen LogP contribution in [0.25, 0.3) is 5.57 Å². The summed E-state index contributed by atoms with van der Waals surface area (Å²) >= 11 is 6.75. The molecule has 1 aromatic carbocycles. The van der Waals surface area contributed by atoms with E-state index in [-0.39, 0.29) is 11.7 Å². The Morgan fingerprint density at radius 2 is 1.77 bits per heavy atom. The van der Waals surface area contributed by atoms with Crippen molar-refractivity contribution in [2.24, 2.45) is 0 Å². The quantitative estimate of drug-likeness (QED) is 0.154. The van der Waals surface area contributed by atoms with Gasteiger partial charge in [0.1, 0.15) is 4.32 Å². The summed E-state index contributed by atoms with van der Waals surface area (Å²) in [5.41, 5.74) is 3.17. The second-order valence-corrected chi connectivity index (χ2v) is 11.7. The van der Waals surface area contributed by atoms with Crippen molar-refractivity contribution in [1.82, 2.24) is 4.90 Å². The molecule has 2 aliphatic rings. The molecule has 35 heavy (non-hydrogen) atoms. The van der Waals surface area contributed by atoms with E-state index in [1.807, 2.05) is 60.8 Å². The van der Waals surface area contributed by atoms with Crippen molar-refractivity contribution in [3.8, 4) is 0 Å². The van der Waals surface area contributed by atoms with E-state index in [1.165, 1.54) is 18.2 Å². The largest absolute Gasteiger partial charge is 0.347 e. The average molecular weight is 533 g/mol. The molecule has 6 nitrogen and oxygen atoms in total. The minimum Gasteiger partial charge on any atom is -0.347 e. The second-order valence-electron chi connectivity index (χ2n) is 8.44. The van der Waals surface area contributed by atoms with Crippen molar-refractivity contribution in [3.63, 3.8) is 0 Å². The first kappa shape index (κ1) is 27.4. The molecule has 1 saturated heterocycles. The number of nitrogens with zero attached hydrogens (tertiary/aromatic N) is 2. The van der Waals surface area contributed by atoms with Gasteiger partial charge >= 0.3 is 0 Å². The molecule has 0 saturated carbocycles. The Morgan fingerprint density at radius 1 is 1.03 bits per heavy atom. The number of para-hydroxylation sites is 1. The molecule has 0 aromatic heterocycles. The highest BCUT2D eigenvalue weighted by atomic mass is 32.2. The fourth-order valence-corrected chi connectivity index (χ4v) is 5.75. The van der Waals surface area contributed by atoms with E-state index in [4.69, 9.17) is 16.8 Å². The van der Waals surface area contributed by atoms with Crippen LogP contribution in [0.2, 0.25) is 0 Å². The zero-order chi connectivity index (χ0) is 25.3. The van der Waals surface area contributed by atoms with E-state index in [9.17, 15) is 13.2 Å². The lowest BCUT2D eigenvalue weighted by Crippen LogP contribution is -2.28. The lowest BCUT2D eigenvalue weighted by atomic mass is 9.99. The third-order valence-corrected chi connectivity index (χ3v) is 7.95. The van der Waals surface area contributed by atoms with Gasteiger partial charge in [-0.25, -0.2) is 0 Å². The predicted octanol–water partition coefficient (Wildman–Crippen LogP) is 5.95. The van der Waals surface area contributed by atoms with E-state index < -0.39 is 10.1 Å². The first-order valence-corrected chi connectivity index (χ1v) is 14.8. The molecule has 1 N–H and O–H groups in total. The SMILES string of the molecule is CCCCCCN1C(=O)/C(=C/C=C/C=C2/C=CN(CCCCS(=O)(=O)O)c3ccccc32)SC1=S. The molecule has 0 radical (unpaired) electrons. The number of thiocarbonyl (C=S) groups is 1. The molecule has 2 heterocycles. The summed E-state index contributed by atoms with van der Waals surface area (Å²) in [5, 5.41) is 0. The van der Waals surface area contributed by atoms with Crippen LogP contribution in [0.1, 0.15) is 51.0 Å². The first-order valence-electron chi connectivity index (χ1n) is 11.9. The molecule has 1 amide bonds. The van der Waals surface area contributed by atoms with Gasteiger partial charge in [-0.05, 0) is 43.1 Å². The minimum absolute atomic E-state index is 0.0126. The number of fused-ring (bicyclic) bond motifs is 1. The number of hydrogen-bond donors (Lipinski definition) is 1. The number of carbonyl (C=O) groups is 1. The van der Waals surface area contributed by atoms with Crippen LogP contribution >= 0.6 is 24.0 Å². The normalized spacial score (nSPS) is 18.5. The van der Waals surface area contributed by atoms with Gasteiger partial charge in [-0.3, -0.25) is 14.2 Å². The summed E-state index contributed by atoms with van der Waals surface area (Å²) < 4.78 is 31.4. The van der Waals surface area contributed by atoms with E-state index in [0.717, 1.165) is 36.1 Å². The topological polar surface area (TPSA) is 77.9 Å². The van der Waals surface area contributed by atoms with Gasteiger partial charge in [0.15, 0.2) is 0 Å². The smallest absolute Gasteiger partial charge is 0.266 e. The van der Waals surface area contributed by atoms with E-state index in [1.54, 1.807) is 4.90 Å². The van der Waals surface area contributed by atoms with Crippen LogP contribution in [0.5, 0.6) is 0 Å². The number of thioether (sulfide) groups is 1. The van der Waals surface area contributed by atoms with Crippen molar-refractivity contribution < 1.29 is 17.8 Å². The highest BCUT2D eigenvalue weighted by Gasteiger charge is 2.30. The Hall–Kier alpha value is -2.20. The van der Waals surface area contributed by atoms with Gasteiger partial charge in [0.05, 0.1) is 10.7 Å². The number of hydrogen-bond acceptors (Lipinski definition) is 6. The Bertz CT molecular complexity index is 1150. The zero-order valence-corrected chi connectivity index (χ0v) is 22.4. The fraction of sp³-hybridized carbons (Fsp3) is 0.385. The van der Waals surface area contributed by atoms with Gasteiger partial charge in [-0.15, -0.1) is 0 Å². The van der Waals surface area contributed by atoms with Crippen LogP contribution in [-0.2, 0) is 14.9 Å². The maximum atomic E-state index is 12.7. The number of unbranched alkanes of at least 4 members (excludes halogenated alkanes) is 4. The molecule has 2 aliphatic heterocycles. The molecule has 0 atom stereocenters. The summed E-state index contributed by atoms with van der Waals surface area (Å²) in [5.74, 6) is -0.235. The summed E-state index contributed by atoms with van der Waals surface area (Å²) in [4.78, 5) is 17.1. The molecule has 0 spiro atoms. The molecular weight excluding hydrogens is 500 g/mol. The van der Waals surface area contributed by atoms with Gasteiger partial charge in [-0.1, -0.05) is 86.6 Å². The molecule has 188 valence electrons. The monoisotopic (exact) mass is 532 g/mol. The van der Waals surface area contributed by atoms with E-state index in [0.29, 0.717) is 35.2 Å². The second kappa shape index (κ2) is 13.2. The lowest BCUT2D eigenvalue weighted by Gasteiger charge is -2.27. The molecule has 0 unspecified atom stereocenters.